The number of aliphatic carboxylic acids is 1. The highest BCUT2D eigenvalue weighted by atomic mass is 16.4. The van der Waals surface area contributed by atoms with Gasteiger partial charge in [-0.25, -0.2) is 0 Å². The fourth-order valence-electron chi connectivity index (χ4n) is 3.63. The van der Waals surface area contributed by atoms with Crippen molar-refractivity contribution in [2.24, 2.45) is 17.8 Å². The number of carboxylic acid groups (broad SMARTS) is 1. The first-order valence-corrected chi connectivity index (χ1v) is 9.89. The van der Waals surface area contributed by atoms with Crippen LogP contribution in [0, 0.1) is 17.8 Å². The summed E-state index contributed by atoms with van der Waals surface area (Å²) in [4.78, 5) is 22.6. The number of aliphatic hydroxyl groups excluding tert-OH is 2. The molecule has 0 saturated heterocycles. The molecule has 2 aliphatic rings. The highest BCUT2D eigenvalue weighted by Crippen LogP contribution is 2.35. The summed E-state index contributed by atoms with van der Waals surface area (Å²) in [5, 5.41) is 28.6. The van der Waals surface area contributed by atoms with Crippen LogP contribution in [0.3, 0.4) is 0 Å². The fourth-order valence-corrected chi connectivity index (χ4v) is 3.63. The number of hydrogen-bond donors (Lipinski definition) is 3. The third kappa shape index (κ3) is 7.42. The van der Waals surface area contributed by atoms with E-state index in [1.54, 1.807) is 0 Å². The smallest absolute Gasteiger partial charge is 0.303 e. The van der Waals surface area contributed by atoms with Gasteiger partial charge < -0.3 is 15.3 Å². The Morgan fingerprint density at radius 2 is 2.00 bits per heavy atom. The largest absolute Gasteiger partial charge is 0.481 e. The molecular weight excluding hydrogens is 332 g/mol. The van der Waals surface area contributed by atoms with Gasteiger partial charge in [-0.3, -0.25) is 9.59 Å². The molecule has 0 bridgehead atoms. The van der Waals surface area contributed by atoms with Crippen LogP contribution in [-0.4, -0.2) is 39.3 Å². The Kier molecular flexibility index (Phi) is 8.52. The molecule has 5 heteroatoms. The van der Waals surface area contributed by atoms with Crippen molar-refractivity contribution in [2.75, 3.05) is 0 Å². The number of aliphatic hydroxyl groups is 2. The second kappa shape index (κ2) is 10.6. The van der Waals surface area contributed by atoms with E-state index >= 15 is 0 Å². The number of carbonyl (C=O) groups excluding carboxylic acids is 1. The van der Waals surface area contributed by atoms with Crippen LogP contribution in [0.5, 0.6) is 0 Å². The van der Waals surface area contributed by atoms with Gasteiger partial charge in [0.1, 0.15) is 5.78 Å². The Hall–Kier alpha value is -1.46. The fraction of sp³-hybridized carbons (Fsp3) is 0.714. The molecule has 26 heavy (non-hydrogen) atoms. The monoisotopic (exact) mass is 364 g/mol. The number of carboxylic acids is 1. The average Bonchev–Trinajstić information content (AvgIpc) is 3.35. The maximum absolute atomic E-state index is 12.1. The zero-order valence-corrected chi connectivity index (χ0v) is 15.4. The van der Waals surface area contributed by atoms with Crippen LogP contribution in [0.1, 0.15) is 64.2 Å². The molecular formula is C21H32O5. The first kappa shape index (κ1) is 20.8. The molecule has 146 valence electrons. The first-order valence-electron chi connectivity index (χ1n) is 9.89. The van der Waals surface area contributed by atoms with E-state index in [-0.39, 0.29) is 30.5 Å². The molecule has 0 aliphatic heterocycles. The van der Waals surface area contributed by atoms with Gasteiger partial charge in [0.2, 0.25) is 0 Å². The van der Waals surface area contributed by atoms with Gasteiger partial charge in [0, 0.05) is 24.7 Å². The molecule has 2 saturated carbocycles. The van der Waals surface area contributed by atoms with Gasteiger partial charge >= 0.3 is 5.97 Å². The highest BCUT2D eigenvalue weighted by molar-refractivity contribution is 5.84. The lowest BCUT2D eigenvalue weighted by Crippen LogP contribution is -2.18. The number of rotatable bonds is 12. The van der Waals surface area contributed by atoms with E-state index in [0.717, 1.165) is 12.3 Å². The molecule has 0 aromatic heterocycles. The van der Waals surface area contributed by atoms with E-state index in [0.29, 0.717) is 25.7 Å². The molecule has 2 fully saturated rings. The molecule has 3 N–H and O–H groups in total. The van der Waals surface area contributed by atoms with Crippen LogP contribution in [0.4, 0.5) is 0 Å². The quantitative estimate of drug-likeness (QED) is 0.462. The van der Waals surface area contributed by atoms with Crippen molar-refractivity contribution < 1.29 is 24.9 Å². The topological polar surface area (TPSA) is 94.8 Å². The lowest BCUT2D eigenvalue weighted by molar-refractivity contribution is -0.137. The standard InChI is InChI=1S/C21H32O5/c22-16(8-5-11-21(25)26)7-4-10-18-17(19(23)14-20(18)24)9-3-1-2-6-15-12-13-15/h1,3-4,10,15-18,20,22,24H,2,5-9,11-14H2,(H,25,26)/t16?,17-,18-,20?/m1/s1. The molecule has 0 spiro atoms. The molecule has 0 amide bonds. The van der Waals surface area contributed by atoms with Gasteiger partial charge in [0.05, 0.1) is 12.2 Å². The predicted molar refractivity (Wildman–Crippen MR) is 99.6 cm³/mol. The van der Waals surface area contributed by atoms with Crippen LogP contribution in [0.25, 0.3) is 0 Å². The predicted octanol–water partition coefficient (Wildman–Crippen LogP) is 3.25. The van der Waals surface area contributed by atoms with Crippen molar-refractivity contribution >= 4 is 11.8 Å². The summed E-state index contributed by atoms with van der Waals surface area (Å²) in [6, 6.07) is 0. The summed E-state index contributed by atoms with van der Waals surface area (Å²) >= 11 is 0. The Morgan fingerprint density at radius 3 is 2.69 bits per heavy atom. The number of Topliss-reactive ketones (excluding diaryl/α,β-unsaturated/α-hetero) is 1. The van der Waals surface area contributed by atoms with Crippen molar-refractivity contribution in [3.05, 3.63) is 24.3 Å². The molecule has 0 heterocycles. The van der Waals surface area contributed by atoms with Crippen molar-refractivity contribution in [1.82, 2.24) is 0 Å². The Morgan fingerprint density at radius 1 is 1.23 bits per heavy atom. The summed E-state index contributed by atoms with van der Waals surface area (Å²) in [6.07, 6.45) is 13.9. The summed E-state index contributed by atoms with van der Waals surface area (Å²) in [6.45, 7) is 0. The second-order valence-electron chi connectivity index (χ2n) is 7.75. The third-order valence-corrected chi connectivity index (χ3v) is 5.42. The summed E-state index contributed by atoms with van der Waals surface area (Å²) in [5.74, 6) is -0.203. The number of ketones is 1. The van der Waals surface area contributed by atoms with Crippen molar-refractivity contribution in [1.29, 1.82) is 0 Å². The van der Waals surface area contributed by atoms with Crippen molar-refractivity contribution in [3.63, 3.8) is 0 Å². The van der Waals surface area contributed by atoms with Crippen molar-refractivity contribution in [2.45, 2.75) is 76.4 Å². The minimum Gasteiger partial charge on any atom is -0.481 e. The van der Waals surface area contributed by atoms with E-state index in [1.165, 1.54) is 19.3 Å². The number of allylic oxidation sites excluding steroid dienone is 2. The van der Waals surface area contributed by atoms with Crippen LogP contribution in [0.15, 0.2) is 24.3 Å². The van der Waals surface area contributed by atoms with Gasteiger partial charge in [0.15, 0.2) is 0 Å². The van der Waals surface area contributed by atoms with Crippen LogP contribution in [0.2, 0.25) is 0 Å². The molecule has 2 aliphatic carbocycles. The summed E-state index contributed by atoms with van der Waals surface area (Å²) in [7, 11) is 0. The van der Waals surface area contributed by atoms with E-state index in [9.17, 15) is 19.8 Å². The van der Waals surface area contributed by atoms with Gasteiger partial charge in [-0.2, -0.15) is 0 Å². The maximum Gasteiger partial charge on any atom is 0.303 e. The van der Waals surface area contributed by atoms with E-state index in [1.807, 2.05) is 12.2 Å². The number of carbonyl (C=O) groups is 2. The lowest BCUT2D eigenvalue weighted by atomic mass is 9.90. The molecule has 2 rings (SSSR count). The van der Waals surface area contributed by atoms with Gasteiger partial charge in [0.25, 0.3) is 0 Å². The minimum atomic E-state index is -0.853. The molecule has 2 unspecified atom stereocenters. The van der Waals surface area contributed by atoms with Gasteiger partial charge in [-0.05, 0) is 44.4 Å². The second-order valence-corrected chi connectivity index (χ2v) is 7.75. The van der Waals surface area contributed by atoms with E-state index in [4.69, 9.17) is 5.11 Å². The van der Waals surface area contributed by atoms with Gasteiger partial charge in [-0.1, -0.05) is 37.1 Å². The molecule has 0 radical (unpaired) electrons. The normalized spacial score (nSPS) is 27.6. The van der Waals surface area contributed by atoms with E-state index < -0.39 is 18.2 Å². The molecule has 0 aromatic rings. The zero-order valence-electron chi connectivity index (χ0n) is 15.4. The first-order chi connectivity index (χ1) is 12.5. The van der Waals surface area contributed by atoms with E-state index in [2.05, 4.69) is 12.2 Å². The van der Waals surface area contributed by atoms with Gasteiger partial charge in [-0.15, -0.1) is 0 Å². The molecule has 5 nitrogen and oxygen atoms in total. The van der Waals surface area contributed by atoms with Crippen LogP contribution in [-0.2, 0) is 9.59 Å². The SMILES string of the molecule is O=C(O)CCCC(O)CC=C[C@H]1C(O)CC(=O)[C@@H]1CC=CCCC1CC1. The molecule has 0 aromatic carbocycles. The molecule has 4 atom stereocenters. The third-order valence-electron chi connectivity index (χ3n) is 5.42. The summed E-state index contributed by atoms with van der Waals surface area (Å²) in [5.41, 5.74) is 0. The lowest BCUT2D eigenvalue weighted by Gasteiger charge is -2.16. The van der Waals surface area contributed by atoms with Crippen molar-refractivity contribution in [3.8, 4) is 0 Å². The Balaban J connectivity index is 1.74. The maximum atomic E-state index is 12.1. The highest BCUT2D eigenvalue weighted by Gasteiger charge is 2.39. The number of hydrogen-bond acceptors (Lipinski definition) is 4. The minimum absolute atomic E-state index is 0.0613. The van der Waals surface area contributed by atoms with Crippen LogP contribution >= 0.6 is 0 Å². The summed E-state index contributed by atoms with van der Waals surface area (Å²) < 4.78 is 0. The average molecular weight is 364 g/mol. The Bertz CT molecular complexity index is 520. The zero-order chi connectivity index (χ0) is 18.9. The Labute approximate surface area is 155 Å². The van der Waals surface area contributed by atoms with Crippen LogP contribution < -0.4 is 0 Å².